The number of rotatable bonds is 2. The molecule has 0 aliphatic heterocycles. The number of aryl methyl sites for hydroxylation is 1. The summed E-state index contributed by atoms with van der Waals surface area (Å²) in [5.41, 5.74) is 2.28. The van der Waals surface area contributed by atoms with E-state index >= 15 is 0 Å². The van der Waals surface area contributed by atoms with Crippen LogP contribution in [0.15, 0.2) is 53.5 Å². The Bertz CT molecular complexity index is 1010. The second-order valence-electron chi connectivity index (χ2n) is 5.98. The quantitative estimate of drug-likeness (QED) is 0.761. The lowest BCUT2D eigenvalue weighted by molar-refractivity contribution is 0.0935. The Morgan fingerprint density at radius 2 is 2.04 bits per heavy atom. The van der Waals surface area contributed by atoms with E-state index in [1.54, 1.807) is 24.3 Å². The Balaban J connectivity index is 1.66. The molecule has 0 bridgehead atoms. The predicted octanol–water partition coefficient (Wildman–Crippen LogP) is 3.08. The number of aromatic nitrogens is 1. The number of carbonyl (C=O) groups excluding carboxylic acids is 1. The van der Waals surface area contributed by atoms with Gasteiger partial charge in [0.15, 0.2) is 0 Å². The zero-order valence-electron chi connectivity index (χ0n) is 12.8. The van der Waals surface area contributed by atoms with Crippen molar-refractivity contribution in [2.45, 2.75) is 18.9 Å². The van der Waals surface area contributed by atoms with Crippen LogP contribution in [0, 0.1) is 5.82 Å². The Morgan fingerprint density at radius 3 is 2.92 bits per heavy atom. The number of amides is 1. The van der Waals surface area contributed by atoms with Crippen molar-refractivity contribution in [2.24, 2.45) is 0 Å². The van der Waals surface area contributed by atoms with Crippen LogP contribution in [0.3, 0.4) is 0 Å². The van der Waals surface area contributed by atoms with E-state index in [0.717, 1.165) is 17.5 Å². The molecule has 4 rings (SSSR count). The van der Waals surface area contributed by atoms with E-state index in [-0.39, 0.29) is 22.9 Å². The van der Waals surface area contributed by atoms with Crippen molar-refractivity contribution in [3.05, 3.63) is 81.4 Å². The van der Waals surface area contributed by atoms with Gasteiger partial charge in [-0.2, -0.15) is 0 Å². The Morgan fingerprint density at radius 1 is 1.21 bits per heavy atom. The molecule has 0 fully saturated rings. The maximum Gasteiger partial charge on any atom is 0.257 e. The fourth-order valence-electron chi connectivity index (χ4n) is 3.30. The third kappa shape index (κ3) is 2.38. The van der Waals surface area contributed by atoms with Crippen molar-refractivity contribution < 1.29 is 9.18 Å². The van der Waals surface area contributed by atoms with Gasteiger partial charge in [0.2, 0.25) is 5.43 Å². The van der Waals surface area contributed by atoms with Gasteiger partial charge in [-0.3, -0.25) is 9.59 Å². The molecule has 1 aliphatic carbocycles. The first-order chi connectivity index (χ1) is 11.6. The van der Waals surface area contributed by atoms with Crippen LogP contribution in [0.25, 0.3) is 10.9 Å². The SMILES string of the molecule is O=C(N[C@@H]1CCc2ccc(F)cc21)c1c[nH]c2ccccc2c1=O. The molecule has 0 saturated carbocycles. The van der Waals surface area contributed by atoms with Gasteiger partial charge in [0.1, 0.15) is 11.4 Å². The number of benzene rings is 2. The molecule has 120 valence electrons. The van der Waals surface area contributed by atoms with Crippen molar-refractivity contribution in [3.63, 3.8) is 0 Å². The highest BCUT2D eigenvalue weighted by atomic mass is 19.1. The smallest absolute Gasteiger partial charge is 0.257 e. The van der Waals surface area contributed by atoms with Gasteiger partial charge in [-0.25, -0.2) is 4.39 Å². The minimum absolute atomic E-state index is 0.0681. The summed E-state index contributed by atoms with van der Waals surface area (Å²) in [7, 11) is 0. The average Bonchev–Trinajstić information content (AvgIpc) is 2.97. The number of aromatic amines is 1. The topological polar surface area (TPSA) is 62.0 Å². The summed E-state index contributed by atoms with van der Waals surface area (Å²) in [6.07, 6.45) is 2.92. The molecule has 24 heavy (non-hydrogen) atoms. The molecule has 0 saturated heterocycles. The third-order valence-electron chi connectivity index (χ3n) is 4.52. The Hall–Kier alpha value is -2.95. The molecule has 0 spiro atoms. The molecule has 1 heterocycles. The van der Waals surface area contributed by atoms with Gasteiger partial charge in [0, 0.05) is 17.1 Å². The summed E-state index contributed by atoms with van der Waals surface area (Å²) in [5.74, 6) is -0.762. The second-order valence-corrected chi connectivity index (χ2v) is 5.98. The number of H-pyrrole nitrogens is 1. The van der Waals surface area contributed by atoms with Crippen LogP contribution in [0.5, 0.6) is 0 Å². The summed E-state index contributed by atoms with van der Waals surface area (Å²) >= 11 is 0. The van der Waals surface area contributed by atoms with Crippen molar-refractivity contribution in [1.82, 2.24) is 10.3 Å². The minimum atomic E-state index is -0.441. The van der Waals surface area contributed by atoms with Gasteiger partial charge in [0.25, 0.3) is 5.91 Å². The number of pyridine rings is 1. The number of fused-ring (bicyclic) bond motifs is 2. The first-order valence-electron chi connectivity index (χ1n) is 7.83. The standard InChI is InChI=1S/C19H15FN2O2/c20-12-7-5-11-6-8-17(14(11)9-12)22-19(24)15-10-21-16-4-2-1-3-13(16)18(15)23/h1-5,7,9-10,17H,6,8H2,(H,21,23)(H,22,24)/t17-/m1/s1. The molecule has 1 aliphatic rings. The van der Waals surface area contributed by atoms with E-state index in [4.69, 9.17) is 0 Å². The normalized spacial score (nSPS) is 16.1. The van der Waals surface area contributed by atoms with Crippen LogP contribution in [-0.4, -0.2) is 10.9 Å². The van der Waals surface area contributed by atoms with Crippen molar-refractivity contribution in [1.29, 1.82) is 0 Å². The molecular weight excluding hydrogens is 307 g/mol. The molecule has 4 nitrogen and oxygen atoms in total. The van der Waals surface area contributed by atoms with E-state index in [9.17, 15) is 14.0 Å². The summed E-state index contributed by atoms with van der Waals surface area (Å²) in [6, 6.07) is 11.4. The second kappa shape index (κ2) is 5.60. The number of nitrogens with one attached hydrogen (secondary N) is 2. The summed E-state index contributed by atoms with van der Waals surface area (Å²) in [5, 5.41) is 3.33. The fourth-order valence-corrected chi connectivity index (χ4v) is 3.30. The van der Waals surface area contributed by atoms with Crippen LogP contribution >= 0.6 is 0 Å². The molecular formula is C19H15FN2O2. The molecule has 0 unspecified atom stereocenters. The summed E-state index contributed by atoms with van der Waals surface area (Å²) in [6.45, 7) is 0. The first kappa shape index (κ1) is 14.6. The van der Waals surface area contributed by atoms with E-state index in [2.05, 4.69) is 10.3 Å². The summed E-state index contributed by atoms with van der Waals surface area (Å²) in [4.78, 5) is 28.0. The lowest BCUT2D eigenvalue weighted by Crippen LogP contribution is -2.31. The highest BCUT2D eigenvalue weighted by Crippen LogP contribution is 2.31. The van der Waals surface area contributed by atoms with Crippen molar-refractivity contribution >= 4 is 16.8 Å². The minimum Gasteiger partial charge on any atom is -0.360 e. The molecule has 2 N–H and O–H groups in total. The fraction of sp³-hybridized carbons (Fsp3) is 0.158. The zero-order chi connectivity index (χ0) is 16.7. The maximum absolute atomic E-state index is 13.5. The van der Waals surface area contributed by atoms with Crippen molar-refractivity contribution in [3.8, 4) is 0 Å². The van der Waals surface area contributed by atoms with Gasteiger partial charge in [-0.1, -0.05) is 18.2 Å². The third-order valence-corrected chi connectivity index (χ3v) is 4.52. The number of halogens is 1. The van der Waals surface area contributed by atoms with Gasteiger partial charge >= 0.3 is 0 Å². The van der Waals surface area contributed by atoms with E-state index in [1.165, 1.54) is 18.3 Å². The van der Waals surface area contributed by atoms with E-state index in [1.807, 2.05) is 6.07 Å². The summed E-state index contributed by atoms with van der Waals surface area (Å²) < 4.78 is 13.5. The molecule has 2 aromatic carbocycles. The number of para-hydroxylation sites is 1. The van der Waals surface area contributed by atoms with Gasteiger partial charge in [-0.05, 0) is 48.2 Å². The van der Waals surface area contributed by atoms with Gasteiger partial charge in [-0.15, -0.1) is 0 Å². The Kier molecular flexibility index (Phi) is 3.41. The van der Waals surface area contributed by atoms with Gasteiger partial charge in [0.05, 0.1) is 6.04 Å². The van der Waals surface area contributed by atoms with Crippen LogP contribution < -0.4 is 10.7 Å². The lowest BCUT2D eigenvalue weighted by Gasteiger charge is -2.14. The van der Waals surface area contributed by atoms with Crippen LogP contribution in [0.1, 0.15) is 33.9 Å². The van der Waals surface area contributed by atoms with Crippen LogP contribution in [0.4, 0.5) is 4.39 Å². The number of carbonyl (C=O) groups is 1. The molecule has 5 heteroatoms. The zero-order valence-corrected chi connectivity index (χ0v) is 12.8. The van der Waals surface area contributed by atoms with Crippen LogP contribution in [0.2, 0.25) is 0 Å². The highest BCUT2D eigenvalue weighted by molar-refractivity contribution is 5.97. The maximum atomic E-state index is 13.5. The first-order valence-corrected chi connectivity index (χ1v) is 7.83. The predicted molar refractivity (Wildman–Crippen MR) is 89.5 cm³/mol. The average molecular weight is 322 g/mol. The van der Waals surface area contributed by atoms with Crippen molar-refractivity contribution in [2.75, 3.05) is 0 Å². The Labute approximate surface area is 137 Å². The number of hydrogen-bond donors (Lipinski definition) is 2. The van der Waals surface area contributed by atoms with Crippen LogP contribution in [-0.2, 0) is 6.42 Å². The molecule has 1 atom stereocenters. The molecule has 1 amide bonds. The van der Waals surface area contributed by atoms with E-state index in [0.29, 0.717) is 17.3 Å². The molecule has 1 aromatic heterocycles. The molecule has 0 radical (unpaired) electrons. The van der Waals surface area contributed by atoms with E-state index < -0.39 is 5.91 Å². The highest BCUT2D eigenvalue weighted by Gasteiger charge is 2.25. The number of hydrogen-bond acceptors (Lipinski definition) is 2. The largest absolute Gasteiger partial charge is 0.360 e. The molecule has 3 aromatic rings. The van der Waals surface area contributed by atoms with Gasteiger partial charge < -0.3 is 10.3 Å². The monoisotopic (exact) mass is 322 g/mol. The lowest BCUT2D eigenvalue weighted by atomic mass is 10.1.